The zero-order chi connectivity index (χ0) is 11.2. The Balaban J connectivity index is 1.87. The van der Waals surface area contributed by atoms with Gasteiger partial charge in [0.25, 0.3) is 0 Å². The Labute approximate surface area is 95.6 Å². The summed E-state index contributed by atoms with van der Waals surface area (Å²) >= 11 is 0. The molecule has 82 valence electrons. The van der Waals surface area contributed by atoms with Gasteiger partial charge in [-0.25, -0.2) is 0 Å². The van der Waals surface area contributed by atoms with Gasteiger partial charge in [-0.15, -0.1) is 0 Å². The van der Waals surface area contributed by atoms with Crippen LogP contribution < -0.4 is 5.32 Å². The van der Waals surface area contributed by atoms with E-state index in [4.69, 9.17) is 0 Å². The Bertz CT molecular complexity index is 440. The lowest BCUT2D eigenvalue weighted by Crippen LogP contribution is -2.14. The Morgan fingerprint density at radius 1 is 1.12 bits per heavy atom. The third kappa shape index (κ3) is 2.87. The maximum atomic E-state index is 4.21. The van der Waals surface area contributed by atoms with Crippen molar-refractivity contribution in [2.75, 3.05) is 0 Å². The third-order valence-electron chi connectivity index (χ3n) is 2.50. The molecule has 0 bridgehead atoms. The monoisotopic (exact) mass is 213 g/mol. The first-order valence-electron chi connectivity index (χ1n) is 5.36. The Hall–Kier alpha value is -1.74. The molecule has 0 aliphatic rings. The number of aromatic nitrogens is 2. The first kappa shape index (κ1) is 10.8. The molecule has 2 aromatic rings. The minimum atomic E-state index is 0.752. The molecule has 1 N–H and O–H groups in total. The summed E-state index contributed by atoms with van der Waals surface area (Å²) in [5, 5.41) is 3.36. The summed E-state index contributed by atoms with van der Waals surface area (Å²) in [5.74, 6) is 0. The quantitative estimate of drug-likeness (QED) is 0.845. The van der Waals surface area contributed by atoms with E-state index in [0.717, 1.165) is 18.8 Å². The summed E-state index contributed by atoms with van der Waals surface area (Å²) in [5.41, 5.74) is 3.61. The molecule has 0 spiro atoms. The minimum Gasteiger partial charge on any atom is -0.307 e. The van der Waals surface area contributed by atoms with Gasteiger partial charge in [-0.2, -0.15) is 0 Å². The molecule has 1 aromatic heterocycles. The van der Waals surface area contributed by atoms with E-state index in [9.17, 15) is 0 Å². The van der Waals surface area contributed by atoms with Crippen LogP contribution in [0.4, 0.5) is 0 Å². The second-order valence-corrected chi connectivity index (χ2v) is 3.73. The summed E-state index contributed by atoms with van der Waals surface area (Å²) in [7, 11) is 0. The van der Waals surface area contributed by atoms with Crippen LogP contribution in [0.3, 0.4) is 0 Å². The highest BCUT2D eigenvalue weighted by molar-refractivity contribution is 5.25. The van der Waals surface area contributed by atoms with Gasteiger partial charge in [-0.05, 0) is 18.1 Å². The third-order valence-corrected chi connectivity index (χ3v) is 2.50. The highest BCUT2D eigenvalue weighted by Gasteiger charge is 1.97. The summed E-state index contributed by atoms with van der Waals surface area (Å²) in [6, 6.07) is 8.38. The topological polar surface area (TPSA) is 37.8 Å². The number of nitrogens with one attached hydrogen (secondary N) is 1. The Kier molecular flexibility index (Phi) is 3.62. The molecule has 0 unspecified atom stereocenters. The molecule has 0 saturated carbocycles. The molecule has 3 nitrogen and oxygen atoms in total. The van der Waals surface area contributed by atoms with Crippen LogP contribution in [0.25, 0.3) is 0 Å². The molecule has 0 saturated heterocycles. The average molecular weight is 213 g/mol. The normalized spacial score (nSPS) is 10.3. The molecule has 16 heavy (non-hydrogen) atoms. The van der Waals surface area contributed by atoms with Crippen molar-refractivity contribution in [1.29, 1.82) is 0 Å². The first-order chi connectivity index (χ1) is 7.86. The summed E-state index contributed by atoms with van der Waals surface area (Å²) < 4.78 is 0. The van der Waals surface area contributed by atoms with Crippen LogP contribution >= 0.6 is 0 Å². The van der Waals surface area contributed by atoms with Gasteiger partial charge in [0.2, 0.25) is 0 Å². The summed E-state index contributed by atoms with van der Waals surface area (Å²) in [4.78, 5) is 8.23. The van der Waals surface area contributed by atoms with Crippen molar-refractivity contribution in [1.82, 2.24) is 15.3 Å². The summed E-state index contributed by atoms with van der Waals surface area (Å²) in [6.45, 7) is 3.74. The molecule has 0 radical (unpaired) electrons. The number of rotatable bonds is 4. The lowest BCUT2D eigenvalue weighted by molar-refractivity contribution is 0.674. The van der Waals surface area contributed by atoms with Crippen LogP contribution in [0.2, 0.25) is 0 Å². The van der Waals surface area contributed by atoms with Gasteiger partial charge >= 0.3 is 0 Å². The molecule has 3 heteroatoms. The minimum absolute atomic E-state index is 0.752. The second-order valence-electron chi connectivity index (χ2n) is 3.73. The fourth-order valence-electron chi connectivity index (χ4n) is 1.55. The van der Waals surface area contributed by atoms with Crippen LogP contribution in [0, 0.1) is 6.92 Å². The van der Waals surface area contributed by atoms with E-state index in [-0.39, 0.29) is 0 Å². The largest absolute Gasteiger partial charge is 0.307 e. The van der Waals surface area contributed by atoms with Crippen LogP contribution in [-0.4, -0.2) is 9.97 Å². The standard InChI is InChI=1S/C13H15N3/c1-11-4-2-3-5-12(11)8-15-10-13-9-14-6-7-16-13/h2-7,9,15H,8,10H2,1H3. The van der Waals surface area contributed by atoms with Gasteiger partial charge < -0.3 is 5.32 Å². The first-order valence-corrected chi connectivity index (χ1v) is 5.36. The molecule has 0 aliphatic heterocycles. The second kappa shape index (κ2) is 5.37. The van der Waals surface area contributed by atoms with E-state index in [1.54, 1.807) is 18.6 Å². The van der Waals surface area contributed by atoms with Gasteiger partial charge in [0.15, 0.2) is 0 Å². The number of hydrogen-bond acceptors (Lipinski definition) is 3. The highest BCUT2D eigenvalue weighted by atomic mass is 14.9. The molecule has 0 fully saturated rings. The maximum absolute atomic E-state index is 4.21. The number of aryl methyl sites for hydroxylation is 1. The highest BCUT2D eigenvalue weighted by Crippen LogP contribution is 2.06. The smallest absolute Gasteiger partial charge is 0.0724 e. The van der Waals surface area contributed by atoms with Crippen molar-refractivity contribution in [3.8, 4) is 0 Å². The summed E-state index contributed by atoms with van der Waals surface area (Å²) in [6.07, 6.45) is 5.18. The molecule has 1 heterocycles. The zero-order valence-electron chi connectivity index (χ0n) is 9.35. The Morgan fingerprint density at radius 2 is 2.00 bits per heavy atom. The maximum Gasteiger partial charge on any atom is 0.0724 e. The SMILES string of the molecule is Cc1ccccc1CNCc1cnccn1. The van der Waals surface area contributed by atoms with E-state index in [2.05, 4.69) is 46.5 Å². The predicted octanol–water partition coefficient (Wildman–Crippen LogP) is 2.07. The zero-order valence-corrected chi connectivity index (χ0v) is 9.35. The van der Waals surface area contributed by atoms with Gasteiger partial charge in [0, 0.05) is 31.7 Å². The van der Waals surface area contributed by atoms with Crippen molar-refractivity contribution in [2.24, 2.45) is 0 Å². The van der Waals surface area contributed by atoms with Crippen molar-refractivity contribution in [2.45, 2.75) is 20.0 Å². The van der Waals surface area contributed by atoms with E-state index in [1.807, 2.05) is 0 Å². The van der Waals surface area contributed by atoms with E-state index < -0.39 is 0 Å². The van der Waals surface area contributed by atoms with Gasteiger partial charge in [0.1, 0.15) is 0 Å². The van der Waals surface area contributed by atoms with Crippen molar-refractivity contribution in [3.05, 3.63) is 59.7 Å². The van der Waals surface area contributed by atoms with Crippen LogP contribution in [0.15, 0.2) is 42.9 Å². The van der Waals surface area contributed by atoms with E-state index >= 15 is 0 Å². The fourth-order valence-corrected chi connectivity index (χ4v) is 1.55. The molecule has 0 amide bonds. The lowest BCUT2D eigenvalue weighted by atomic mass is 10.1. The van der Waals surface area contributed by atoms with Crippen molar-refractivity contribution in [3.63, 3.8) is 0 Å². The Morgan fingerprint density at radius 3 is 2.75 bits per heavy atom. The van der Waals surface area contributed by atoms with E-state index in [1.165, 1.54) is 11.1 Å². The van der Waals surface area contributed by atoms with E-state index in [0.29, 0.717) is 0 Å². The molecule has 2 rings (SSSR count). The van der Waals surface area contributed by atoms with Crippen molar-refractivity contribution < 1.29 is 0 Å². The molecule has 0 aliphatic carbocycles. The fraction of sp³-hybridized carbons (Fsp3) is 0.231. The average Bonchev–Trinajstić information content (AvgIpc) is 2.33. The lowest BCUT2D eigenvalue weighted by Gasteiger charge is -2.06. The number of hydrogen-bond donors (Lipinski definition) is 1. The molecule has 1 aromatic carbocycles. The van der Waals surface area contributed by atoms with Crippen LogP contribution in [0.1, 0.15) is 16.8 Å². The number of nitrogens with zero attached hydrogens (tertiary/aromatic N) is 2. The number of benzene rings is 1. The molecule has 0 atom stereocenters. The molecular weight excluding hydrogens is 198 g/mol. The van der Waals surface area contributed by atoms with Crippen LogP contribution in [-0.2, 0) is 13.1 Å². The van der Waals surface area contributed by atoms with Crippen LogP contribution in [0.5, 0.6) is 0 Å². The predicted molar refractivity (Wildman–Crippen MR) is 63.8 cm³/mol. The van der Waals surface area contributed by atoms with Gasteiger partial charge in [-0.1, -0.05) is 24.3 Å². The van der Waals surface area contributed by atoms with Gasteiger partial charge in [-0.3, -0.25) is 9.97 Å². The van der Waals surface area contributed by atoms with Gasteiger partial charge in [0.05, 0.1) is 5.69 Å². The van der Waals surface area contributed by atoms with Crippen molar-refractivity contribution >= 4 is 0 Å². The molecular formula is C13H15N3.